The van der Waals surface area contributed by atoms with Crippen LogP contribution in [0.2, 0.25) is 10.0 Å². The number of carbonyl (C=O) groups excluding carboxylic acids is 1. The van der Waals surface area contributed by atoms with Crippen LogP contribution in [-0.2, 0) is 4.79 Å². The monoisotopic (exact) mass is 324 g/mol. The molecule has 0 atom stereocenters. The summed E-state index contributed by atoms with van der Waals surface area (Å²) >= 11 is 11.7. The van der Waals surface area contributed by atoms with Gasteiger partial charge in [-0.25, -0.2) is 0 Å². The topological polar surface area (TPSA) is 50.4 Å². The predicted octanol–water partition coefficient (Wildman–Crippen LogP) is 4.05. The molecule has 0 radical (unpaired) electrons. The highest BCUT2D eigenvalue weighted by Gasteiger charge is 2.05. The lowest BCUT2D eigenvalue weighted by Crippen LogP contribution is -2.21. The average molecular weight is 325 g/mol. The third kappa shape index (κ3) is 4.55. The quantitative estimate of drug-likeness (QED) is 0.872. The van der Waals surface area contributed by atoms with E-state index in [9.17, 15) is 4.79 Å². The van der Waals surface area contributed by atoms with E-state index < -0.39 is 0 Å². The van der Waals surface area contributed by atoms with Gasteiger partial charge in [0.1, 0.15) is 5.75 Å². The molecule has 0 saturated heterocycles. The Balaban J connectivity index is 1.91. The van der Waals surface area contributed by atoms with E-state index in [-0.39, 0.29) is 12.5 Å². The summed E-state index contributed by atoms with van der Waals surface area (Å²) < 4.78 is 5.11. The Morgan fingerprint density at radius 2 is 1.90 bits per heavy atom. The maximum Gasteiger partial charge on any atom is 0.243 e. The number of anilines is 2. The molecule has 0 spiro atoms. The van der Waals surface area contributed by atoms with Gasteiger partial charge in [0, 0.05) is 17.4 Å². The van der Waals surface area contributed by atoms with Gasteiger partial charge in [-0.1, -0.05) is 29.3 Å². The standard InChI is InChI=1S/C15H14Cl2N2O2/c1-21-12-4-2-3-10(7-12)18-9-15(20)19-11-5-6-13(16)14(17)8-11/h2-8,18H,9H2,1H3,(H,19,20). The van der Waals surface area contributed by atoms with Crippen molar-refractivity contribution in [3.05, 3.63) is 52.5 Å². The maximum atomic E-state index is 11.9. The fraction of sp³-hybridized carbons (Fsp3) is 0.133. The van der Waals surface area contributed by atoms with E-state index in [0.717, 1.165) is 11.4 Å². The first-order valence-corrected chi connectivity index (χ1v) is 6.97. The van der Waals surface area contributed by atoms with Crippen molar-refractivity contribution in [1.82, 2.24) is 0 Å². The van der Waals surface area contributed by atoms with E-state index in [1.54, 1.807) is 25.3 Å². The summed E-state index contributed by atoms with van der Waals surface area (Å²) in [5.41, 5.74) is 1.40. The molecule has 0 aliphatic heterocycles. The molecule has 2 aromatic rings. The average Bonchev–Trinajstić information content (AvgIpc) is 2.49. The third-order valence-electron chi connectivity index (χ3n) is 2.73. The summed E-state index contributed by atoms with van der Waals surface area (Å²) in [6.45, 7) is 0.132. The van der Waals surface area contributed by atoms with Crippen LogP contribution >= 0.6 is 23.2 Å². The van der Waals surface area contributed by atoms with Gasteiger partial charge in [0.2, 0.25) is 5.91 Å². The second-order valence-electron chi connectivity index (χ2n) is 4.26. The summed E-state index contributed by atoms with van der Waals surface area (Å²) in [5.74, 6) is 0.543. The number of benzene rings is 2. The Hall–Kier alpha value is -1.91. The molecule has 2 aromatic carbocycles. The van der Waals surface area contributed by atoms with Crippen LogP contribution in [-0.4, -0.2) is 19.6 Å². The zero-order valence-electron chi connectivity index (χ0n) is 11.3. The van der Waals surface area contributed by atoms with E-state index in [0.29, 0.717) is 15.7 Å². The van der Waals surface area contributed by atoms with Gasteiger partial charge in [-0.05, 0) is 30.3 Å². The van der Waals surface area contributed by atoms with Crippen LogP contribution in [0.1, 0.15) is 0 Å². The van der Waals surface area contributed by atoms with Crippen LogP contribution in [0.4, 0.5) is 11.4 Å². The first-order chi connectivity index (χ1) is 10.1. The fourth-order valence-corrected chi connectivity index (χ4v) is 1.99. The minimum absolute atomic E-state index is 0.132. The molecular formula is C15H14Cl2N2O2. The first-order valence-electron chi connectivity index (χ1n) is 6.21. The minimum atomic E-state index is -0.184. The molecule has 0 heterocycles. The molecule has 21 heavy (non-hydrogen) atoms. The molecule has 0 unspecified atom stereocenters. The minimum Gasteiger partial charge on any atom is -0.497 e. The molecule has 0 bridgehead atoms. The highest BCUT2D eigenvalue weighted by atomic mass is 35.5. The number of methoxy groups -OCH3 is 1. The molecule has 0 aliphatic rings. The van der Waals surface area contributed by atoms with Crippen LogP contribution in [0, 0.1) is 0 Å². The molecule has 1 amide bonds. The van der Waals surface area contributed by atoms with Gasteiger partial charge < -0.3 is 15.4 Å². The van der Waals surface area contributed by atoms with Crippen LogP contribution in [0.3, 0.4) is 0 Å². The summed E-state index contributed by atoms with van der Waals surface area (Å²) in [4.78, 5) is 11.9. The Labute approximate surface area is 133 Å². The molecule has 4 nitrogen and oxygen atoms in total. The van der Waals surface area contributed by atoms with Gasteiger partial charge in [0.05, 0.1) is 23.7 Å². The van der Waals surface area contributed by atoms with Crippen LogP contribution < -0.4 is 15.4 Å². The second-order valence-corrected chi connectivity index (χ2v) is 5.08. The van der Waals surface area contributed by atoms with Crippen molar-refractivity contribution in [2.45, 2.75) is 0 Å². The van der Waals surface area contributed by atoms with Crippen molar-refractivity contribution in [1.29, 1.82) is 0 Å². The van der Waals surface area contributed by atoms with Gasteiger partial charge in [-0.2, -0.15) is 0 Å². The summed E-state index contributed by atoms with van der Waals surface area (Å²) in [7, 11) is 1.59. The lowest BCUT2D eigenvalue weighted by molar-refractivity contribution is -0.114. The van der Waals surface area contributed by atoms with Crippen molar-refractivity contribution < 1.29 is 9.53 Å². The molecule has 2 N–H and O–H groups in total. The zero-order chi connectivity index (χ0) is 15.2. The Morgan fingerprint density at radius 1 is 1.10 bits per heavy atom. The molecule has 0 fully saturated rings. The fourth-order valence-electron chi connectivity index (χ4n) is 1.69. The number of rotatable bonds is 5. The van der Waals surface area contributed by atoms with E-state index in [1.807, 2.05) is 24.3 Å². The predicted molar refractivity (Wildman–Crippen MR) is 86.6 cm³/mol. The Bertz CT molecular complexity index is 647. The number of hydrogen-bond donors (Lipinski definition) is 2. The molecule has 0 aromatic heterocycles. The van der Waals surface area contributed by atoms with E-state index in [4.69, 9.17) is 27.9 Å². The summed E-state index contributed by atoms with van der Waals surface area (Å²) in [5, 5.41) is 6.59. The van der Waals surface area contributed by atoms with Crippen molar-refractivity contribution in [2.24, 2.45) is 0 Å². The Morgan fingerprint density at radius 3 is 2.62 bits per heavy atom. The normalized spacial score (nSPS) is 10.0. The first kappa shape index (κ1) is 15.5. The number of carbonyl (C=O) groups is 1. The van der Waals surface area contributed by atoms with E-state index in [2.05, 4.69) is 10.6 Å². The smallest absolute Gasteiger partial charge is 0.243 e. The molecule has 2 rings (SSSR count). The van der Waals surface area contributed by atoms with Crippen LogP contribution in [0.5, 0.6) is 5.75 Å². The van der Waals surface area contributed by atoms with E-state index in [1.165, 1.54) is 0 Å². The van der Waals surface area contributed by atoms with E-state index >= 15 is 0 Å². The second kappa shape index (κ2) is 7.20. The zero-order valence-corrected chi connectivity index (χ0v) is 12.8. The Kier molecular flexibility index (Phi) is 5.31. The van der Waals surface area contributed by atoms with Gasteiger partial charge in [0.25, 0.3) is 0 Å². The molecule has 0 saturated carbocycles. The number of hydrogen-bond acceptors (Lipinski definition) is 3. The van der Waals surface area contributed by atoms with Gasteiger partial charge in [0.15, 0.2) is 0 Å². The molecule has 0 aliphatic carbocycles. The van der Waals surface area contributed by atoms with Crippen molar-refractivity contribution in [3.63, 3.8) is 0 Å². The number of amides is 1. The SMILES string of the molecule is COc1cccc(NCC(=O)Nc2ccc(Cl)c(Cl)c2)c1. The molecule has 6 heteroatoms. The summed E-state index contributed by atoms with van der Waals surface area (Å²) in [6.07, 6.45) is 0. The highest BCUT2D eigenvalue weighted by Crippen LogP contribution is 2.25. The number of ether oxygens (including phenoxy) is 1. The van der Waals surface area contributed by atoms with Crippen molar-refractivity contribution in [2.75, 3.05) is 24.3 Å². The lowest BCUT2D eigenvalue weighted by atomic mass is 10.3. The number of halogens is 2. The van der Waals surface area contributed by atoms with Crippen molar-refractivity contribution in [3.8, 4) is 5.75 Å². The molecule has 110 valence electrons. The van der Waals surface area contributed by atoms with Gasteiger partial charge >= 0.3 is 0 Å². The van der Waals surface area contributed by atoms with Gasteiger partial charge in [-0.3, -0.25) is 4.79 Å². The largest absolute Gasteiger partial charge is 0.497 e. The highest BCUT2D eigenvalue weighted by molar-refractivity contribution is 6.42. The maximum absolute atomic E-state index is 11.9. The third-order valence-corrected chi connectivity index (χ3v) is 3.47. The lowest BCUT2D eigenvalue weighted by Gasteiger charge is -2.09. The van der Waals surface area contributed by atoms with Crippen LogP contribution in [0.15, 0.2) is 42.5 Å². The van der Waals surface area contributed by atoms with Crippen molar-refractivity contribution >= 4 is 40.5 Å². The number of nitrogens with one attached hydrogen (secondary N) is 2. The summed E-state index contributed by atoms with van der Waals surface area (Å²) in [6, 6.07) is 12.3. The van der Waals surface area contributed by atoms with Gasteiger partial charge in [-0.15, -0.1) is 0 Å². The van der Waals surface area contributed by atoms with Crippen LogP contribution in [0.25, 0.3) is 0 Å². The molecular weight excluding hydrogens is 311 g/mol.